The first-order valence-electron chi connectivity index (χ1n) is 10.5. The van der Waals surface area contributed by atoms with Crippen LogP contribution in [0.15, 0.2) is 37.1 Å². The number of carbonyl (C=O) groups excluding carboxylic acids is 2. The normalized spacial score (nSPS) is 15.5. The van der Waals surface area contributed by atoms with E-state index in [1.54, 1.807) is 30.3 Å². The highest BCUT2D eigenvalue weighted by atomic mass is 16.2. The van der Waals surface area contributed by atoms with Crippen LogP contribution in [-0.2, 0) is 7.05 Å². The summed E-state index contributed by atoms with van der Waals surface area (Å²) in [4.78, 5) is 38.5. The third kappa shape index (κ3) is 4.45. The number of nitrogens with zero attached hydrogens (tertiary/aromatic N) is 5. The minimum atomic E-state index is -0.393. The summed E-state index contributed by atoms with van der Waals surface area (Å²) in [6.07, 6.45) is 11.1. The van der Waals surface area contributed by atoms with Crippen molar-refractivity contribution in [3.8, 4) is 0 Å². The van der Waals surface area contributed by atoms with Gasteiger partial charge in [0.2, 0.25) is 0 Å². The second kappa shape index (κ2) is 7.90. The van der Waals surface area contributed by atoms with Crippen molar-refractivity contribution in [2.24, 2.45) is 13.0 Å². The molecule has 5 rings (SSSR count). The van der Waals surface area contributed by atoms with Crippen molar-refractivity contribution in [1.82, 2.24) is 24.7 Å². The number of carbonyl (C=O) groups is 2. The van der Waals surface area contributed by atoms with E-state index in [0.29, 0.717) is 41.0 Å². The molecule has 1 amide bonds. The van der Waals surface area contributed by atoms with Gasteiger partial charge in [-0.2, -0.15) is 5.10 Å². The number of hydrogen-bond donors (Lipinski definition) is 2. The summed E-state index contributed by atoms with van der Waals surface area (Å²) < 4.78 is 1.55. The monoisotopic (exact) mass is 417 g/mol. The molecule has 2 aliphatic rings. The van der Waals surface area contributed by atoms with E-state index in [-0.39, 0.29) is 11.5 Å². The van der Waals surface area contributed by atoms with Crippen LogP contribution in [0.25, 0.3) is 0 Å². The summed E-state index contributed by atoms with van der Waals surface area (Å²) in [6, 6.07) is 3.79. The predicted molar refractivity (Wildman–Crippen MR) is 114 cm³/mol. The van der Waals surface area contributed by atoms with E-state index in [9.17, 15) is 9.59 Å². The lowest BCUT2D eigenvalue weighted by molar-refractivity contribution is 0.0971. The standard InChI is InChI=1S/C22H23N7O2/c1-29-11-18(20(28-29)19(30)8-13-2-3-13)27-22(31)21-17(25-15-9-23-12-24-10-15)7-6-16(26-21)14-4-5-14/h6-7,9-14,25H,2-5,8H2,1H3,(H,27,31). The van der Waals surface area contributed by atoms with Gasteiger partial charge >= 0.3 is 0 Å². The van der Waals surface area contributed by atoms with Crippen molar-refractivity contribution < 1.29 is 9.59 Å². The van der Waals surface area contributed by atoms with Crippen LogP contribution in [0, 0.1) is 5.92 Å². The van der Waals surface area contributed by atoms with Gasteiger partial charge in [0.1, 0.15) is 6.33 Å². The Balaban J connectivity index is 1.43. The topological polar surface area (TPSA) is 115 Å². The molecule has 158 valence electrons. The number of hydrogen-bond acceptors (Lipinski definition) is 7. The van der Waals surface area contributed by atoms with Gasteiger partial charge in [-0.15, -0.1) is 0 Å². The van der Waals surface area contributed by atoms with E-state index < -0.39 is 5.91 Å². The lowest BCUT2D eigenvalue weighted by Crippen LogP contribution is -2.18. The first kappa shape index (κ1) is 19.3. The molecule has 0 aliphatic heterocycles. The molecule has 0 bridgehead atoms. The van der Waals surface area contributed by atoms with E-state index >= 15 is 0 Å². The molecular formula is C22H23N7O2. The van der Waals surface area contributed by atoms with E-state index in [2.05, 4.69) is 30.7 Å². The van der Waals surface area contributed by atoms with Gasteiger partial charge in [0.15, 0.2) is 17.2 Å². The molecule has 0 atom stereocenters. The van der Waals surface area contributed by atoms with E-state index in [4.69, 9.17) is 0 Å². The Bertz CT molecular complexity index is 1130. The van der Waals surface area contributed by atoms with Crippen molar-refractivity contribution >= 4 is 28.8 Å². The van der Waals surface area contributed by atoms with E-state index in [0.717, 1.165) is 31.4 Å². The minimum Gasteiger partial charge on any atom is -0.351 e. The average molecular weight is 417 g/mol. The Kier molecular flexibility index (Phi) is 4.93. The smallest absolute Gasteiger partial charge is 0.276 e. The van der Waals surface area contributed by atoms with Crippen LogP contribution in [0.4, 0.5) is 17.1 Å². The molecule has 3 aromatic heterocycles. The van der Waals surface area contributed by atoms with Gasteiger partial charge in [0.05, 0.1) is 29.5 Å². The zero-order valence-corrected chi connectivity index (χ0v) is 17.2. The van der Waals surface area contributed by atoms with Gasteiger partial charge in [-0.05, 0) is 43.7 Å². The molecule has 2 N–H and O–H groups in total. The number of nitrogens with one attached hydrogen (secondary N) is 2. The molecule has 2 saturated carbocycles. The predicted octanol–water partition coefficient (Wildman–Crippen LogP) is 3.46. The highest BCUT2D eigenvalue weighted by Crippen LogP contribution is 2.40. The molecule has 0 radical (unpaired) electrons. The van der Waals surface area contributed by atoms with Crippen LogP contribution in [0.3, 0.4) is 0 Å². The molecule has 0 aromatic carbocycles. The zero-order chi connectivity index (χ0) is 21.4. The van der Waals surface area contributed by atoms with Crippen LogP contribution in [0.2, 0.25) is 0 Å². The number of ketones is 1. The molecule has 3 aromatic rings. The molecule has 0 saturated heterocycles. The average Bonchev–Trinajstić information content (AvgIpc) is 3.68. The third-order valence-corrected chi connectivity index (χ3v) is 5.48. The summed E-state index contributed by atoms with van der Waals surface area (Å²) >= 11 is 0. The number of amides is 1. The summed E-state index contributed by atoms with van der Waals surface area (Å²) in [7, 11) is 1.73. The van der Waals surface area contributed by atoms with Crippen molar-refractivity contribution in [2.75, 3.05) is 10.6 Å². The molecule has 9 heteroatoms. The molecular weight excluding hydrogens is 394 g/mol. The number of aromatic nitrogens is 5. The van der Waals surface area contributed by atoms with Crippen LogP contribution < -0.4 is 10.6 Å². The fraction of sp³-hybridized carbons (Fsp3) is 0.364. The molecule has 2 aliphatic carbocycles. The Labute approximate surface area is 179 Å². The maximum Gasteiger partial charge on any atom is 0.276 e. The number of aryl methyl sites for hydroxylation is 1. The highest BCUT2D eigenvalue weighted by molar-refractivity contribution is 6.10. The number of anilines is 3. The molecule has 3 heterocycles. The van der Waals surface area contributed by atoms with Crippen molar-refractivity contribution in [2.45, 2.75) is 38.0 Å². The SMILES string of the molecule is Cn1cc(NC(=O)c2nc(C3CC3)ccc2Nc2cncnc2)c(C(=O)CC2CC2)n1. The number of rotatable bonds is 8. The van der Waals surface area contributed by atoms with Crippen molar-refractivity contribution in [3.63, 3.8) is 0 Å². The molecule has 0 spiro atoms. The van der Waals surface area contributed by atoms with Gasteiger partial charge in [-0.1, -0.05) is 0 Å². The Morgan fingerprint density at radius 3 is 2.55 bits per heavy atom. The van der Waals surface area contributed by atoms with E-state index in [1.807, 2.05) is 12.1 Å². The zero-order valence-electron chi connectivity index (χ0n) is 17.2. The van der Waals surface area contributed by atoms with Crippen LogP contribution in [0.1, 0.15) is 64.7 Å². The molecule has 31 heavy (non-hydrogen) atoms. The summed E-state index contributed by atoms with van der Waals surface area (Å²) in [5.74, 6) is 0.404. The van der Waals surface area contributed by atoms with Gasteiger partial charge in [0, 0.05) is 31.3 Å². The minimum absolute atomic E-state index is 0.0436. The van der Waals surface area contributed by atoms with Crippen LogP contribution >= 0.6 is 0 Å². The Hall–Kier alpha value is -3.62. The summed E-state index contributed by atoms with van der Waals surface area (Å²) in [5.41, 5.74) is 3.07. The van der Waals surface area contributed by atoms with E-state index in [1.165, 1.54) is 6.33 Å². The van der Waals surface area contributed by atoms with Gasteiger partial charge in [-0.25, -0.2) is 15.0 Å². The number of pyridine rings is 1. The molecule has 0 unspecified atom stereocenters. The second-order valence-corrected chi connectivity index (χ2v) is 8.25. The Morgan fingerprint density at radius 1 is 1.06 bits per heavy atom. The summed E-state index contributed by atoms with van der Waals surface area (Å²) in [5, 5.41) is 10.3. The van der Waals surface area contributed by atoms with Crippen LogP contribution in [0.5, 0.6) is 0 Å². The molecule has 9 nitrogen and oxygen atoms in total. The second-order valence-electron chi connectivity index (χ2n) is 8.25. The fourth-order valence-electron chi connectivity index (χ4n) is 3.52. The highest BCUT2D eigenvalue weighted by Gasteiger charge is 2.29. The largest absolute Gasteiger partial charge is 0.351 e. The lowest BCUT2D eigenvalue weighted by atomic mass is 10.1. The maximum absolute atomic E-state index is 13.2. The van der Waals surface area contributed by atoms with Gasteiger partial charge in [0.25, 0.3) is 5.91 Å². The van der Waals surface area contributed by atoms with Crippen LogP contribution in [-0.4, -0.2) is 36.4 Å². The molecule has 2 fully saturated rings. The third-order valence-electron chi connectivity index (χ3n) is 5.48. The van der Waals surface area contributed by atoms with Crippen molar-refractivity contribution in [3.05, 3.63) is 54.1 Å². The van der Waals surface area contributed by atoms with Gasteiger partial charge < -0.3 is 10.6 Å². The maximum atomic E-state index is 13.2. The lowest BCUT2D eigenvalue weighted by Gasteiger charge is -2.12. The van der Waals surface area contributed by atoms with Crippen molar-refractivity contribution in [1.29, 1.82) is 0 Å². The first-order chi connectivity index (χ1) is 15.1. The first-order valence-corrected chi connectivity index (χ1v) is 10.5. The quantitative estimate of drug-likeness (QED) is 0.539. The van der Waals surface area contributed by atoms with Gasteiger partial charge in [-0.3, -0.25) is 14.3 Å². The summed E-state index contributed by atoms with van der Waals surface area (Å²) in [6.45, 7) is 0. The number of Topliss-reactive ketones (excluding diaryl/α,β-unsaturated/α-hetero) is 1. The fourth-order valence-corrected chi connectivity index (χ4v) is 3.52. The Morgan fingerprint density at radius 2 is 1.84 bits per heavy atom.